The van der Waals surface area contributed by atoms with Gasteiger partial charge in [-0.2, -0.15) is 0 Å². The van der Waals surface area contributed by atoms with Crippen LogP contribution in [0.3, 0.4) is 0 Å². The molecule has 0 aliphatic carbocycles. The fourth-order valence-corrected chi connectivity index (χ4v) is 3.65. The molecule has 1 aliphatic heterocycles. The zero-order chi connectivity index (χ0) is 20.3. The number of hydrogen-bond acceptors (Lipinski definition) is 3. The van der Waals surface area contributed by atoms with Gasteiger partial charge in [0.25, 0.3) is 5.91 Å². The van der Waals surface area contributed by atoms with Gasteiger partial charge >= 0.3 is 0 Å². The van der Waals surface area contributed by atoms with Crippen LogP contribution in [0, 0.1) is 13.8 Å². The Balaban J connectivity index is 1.66. The third kappa shape index (κ3) is 4.47. The number of carbonyl (C=O) groups is 2. The van der Waals surface area contributed by atoms with Crippen LogP contribution in [0.1, 0.15) is 34.8 Å². The molecule has 0 spiro atoms. The van der Waals surface area contributed by atoms with E-state index in [1.54, 1.807) is 6.07 Å². The molecule has 1 fully saturated rings. The Morgan fingerprint density at radius 2 is 1.71 bits per heavy atom. The minimum atomic E-state index is -0.154. The number of hydrogen-bond donors (Lipinski definition) is 1. The van der Waals surface area contributed by atoms with Gasteiger partial charge in [-0.3, -0.25) is 9.59 Å². The van der Waals surface area contributed by atoms with Crippen LogP contribution in [0.15, 0.2) is 36.4 Å². The quantitative estimate of drug-likeness (QED) is 0.835. The number of rotatable bonds is 4. The van der Waals surface area contributed by atoms with Crippen molar-refractivity contribution >= 4 is 34.8 Å². The topological polar surface area (TPSA) is 52.7 Å². The molecule has 1 heterocycles. The Kier molecular flexibility index (Phi) is 6.25. The van der Waals surface area contributed by atoms with Crippen molar-refractivity contribution in [3.8, 4) is 0 Å². The molecule has 1 aliphatic rings. The van der Waals surface area contributed by atoms with Gasteiger partial charge in [-0.1, -0.05) is 24.6 Å². The molecule has 6 heteroatoms. The minimum Gasteiger partial charge on any atom is -0.367 e. The first kappa shape index (κ1) is 20.2. The van der Waals surface area contributed by atoms with E-state index in [2.05, 4.69) is 10.2 Å². The molecule has 1 N–H and O–H groups in total. The zero-order valence-electron chi connectivity index (χ0n) is 16.6. The summed E-state index contributed by atoms with van der Waals surface area (Å²) in [6.45, 7) is 8.80. The van der Waals surface area contributed by atoms with Gasteiger partial charge in [0.1, 0.15) is 0 Å². The number of benzene rings is 2. The number of aryl methyl sites for hydroxylation is 2. The Bertz CT molecular complexity index is 889. The summed E-state index contributed by atoms with van der Waals surface area (Å²) in [6.07, 6.45) is 0.537. The smallest absolute Gasteiger partial charge is 0.255 e. The van der Waals surface area contributed by atoms with Gasteiger partial charge in [0.15, 0.2) is 0 Å². The SMILES string of the molecule is CCC(=O)N1CCN(c2ccc(NC(=O)c3ccc(C)c(C)c3)cc2Cl)CC1. The van der Waals surface area contributed by atoms with Gasteiger partial charge in [-0.25, -0.2) is 0 Å². The van der Waals surface area contributed by atoms with Crippen molar-refractivity contribution in [2.24, 2.45) is 0 Å². The van der Waals surface area contributed by atoms with E-state index >= 15 is 0 Å². The van der Waals surface area contributed by atoms with Gasteiger partial charge in [0, 0.05) is 43.9 Å². The molecule has 0 atom stereocenters. The highest BCUT2D eigenvalue weighted by Gasteiger charge is 2.21. The highest BCUT2D eigenvalue weighted by molar-refractivity contribution is 6.33. The van der Waals surface area contributed by atoms with Crippen molar-refractivity contribution in [3.05, 3.63) is 58.1 Å². The molecule has 2 aromatic rings. The van der Waals surface area contributed by atoms with E-state index in [-0.39, 0.29) is 11.8 Å². The lowest BCUT2D eigenvalue weighted by molar-refractivity contribution is -0.131. The normalized spacial score (nSPS) is 14.1. The van der Waals surface area contributed by atoms with Crippen molar-refractivity contribution in [3.63, 3.8) is 0 Å². The molecular weight excluding hydrogens is 374 g/mol. The Hall–Kier alpha value is -2.53. The third-order valence-electron chi connectivity index (χ3n) is 5.25. The summed E-state index contributed by atoms with van der Waals surface area (Å²) in [7, 11) is 0. The maximum Gasteiger partial charge on any atom is 0.255 e. The number of halogens is 1. The van der Waals surface area contributed by atoms with Gasteiger partial charge in [0.05, 0.1) is 10.7 Å². The summed E-state index contributed by atoms with van der Waals surface area (Å²) in [5.74, 6) is 0.0359. The highest BCUT2D eigenvalue weighted by Crippen LogP contribution is 2.30. The molecule has 0 radical (unpaired) electrons. The minimum absolute atomic E-state index is 0.154. The van der Waals surface area contributed by atoms with Crippen molar-refractivity contribution in [1.82, 2.24) is 4.90 Å². The second-order valence-electron chi connectivity index (χ2n) is 7.14. The number of piperazine rings is 1. The Labute approximate surface area is 171 Å². The number of anilines is 2. The van der Waals surface area contributed by atoms with E-state index in [1.165, 1.54) is 0 Å². The summed E-state index contributed by atoms with van der Waals surface area (Å²) in [6, 6.07) is 11.2. The maximum atomic E-state index is 12.5. The summed E-state index contributed by atoms with van der Waals surface area (Å²) < 4.78 is 0. The molecule has 5 nitrogen and oxygen atoms in total. The predicted molar refractivity (Wildman–Crippen MR) is 114 cm³/mol. The second kappa shape index (κ2) is 8.65. The first-order chi connectivity index (χ1) is 13.4. The summed E-state index contributed by atoms with van der Waals surface area (Å²) in [5, 5.41) is 3.50. The van der Waals surface area contributed by atoms with Crippen LogP contribution >= 0.6 is 11.6 Å². The molecule has 0 unspecified atom stereocenters. The summed E-state index contributed by atoms with van der Waals surface area (Å²) in [4.78, 5) is 28.4. The van der Waals surface area contributed by atoms with E-state index in [0.29, 0.717) is 35.8 Å². The first-order valence-corrected chi connectivity index (χ1v) is 9.97. The van der Waals surface area contributed by atoms with Crippen LogP contribution in [0.25, 0.3) is 0 Å². The Morgan fingerprint density at radius 1 is 1.00 bits per heavy atom. The number of amides is 2. The van der Waals surface area contributed by atoms with Crippen molar-refractivity contribution in [2.45, 2.75) is 27.2 Å². The van der Waals surface area contributed by atoms with E-state index < -0.39 is 0 Å². The standard InChI is InChI=1S/C22H26ClN3O2/c1-4-21(27)26-11-9-25(10-12-26)20-8-7-18(14-19(20)23)24-22(28)17-6-5-15(2)16(3)13-17/h5-8,13-14H,4,9-12H2,1-3H3,(H,24,28). The molecular formula is C22H26ClN3O2. The van der Waals surface area contributed by atoms with Crippen molar-refractivity contribution < 1.29 is 9.59 Å². The highest BCUT2D eigenvalue weighted by atomic mass is 35.5. The molecule has 2 amide bonds. The molecule has 28 heavy (non-hydrogen) atoms. The lowest BCUT2D eigenvalue weighted by Gasteiger charge is -2.36. The van der Waals surface area contributed by atoms with E-state index in [0.717, 1.165) is 29.9 Å². The summed E-state index contributed by atoms with van der Waals surface area (Å²) in [5.41, 5.74) is 4.46. The molecule has 0 saturated carbocycles. The predicted octanol–water partition coefficient (Wildman–Crippen LogP) is 4.27. The van der Waals surface area contributed by atoms with Crippen molar-refractivity contribution in [2.75, 3.05) is 36.4 Å². The van der Waals surface area contributed by atoms with Crippen LogP contribution in [0.5, 0.6) is 0 Å². The lowest BCUT2D eigenvalue weighted by Crippen LogP contribution is -2.48. The fraction of sp³-hybridized carbons (Fsp3) is 0.364. The second-order valence-corrected chi connectivity index (χ2v) is 7.55. The molecule has 3 rings (SSSR count). The average molecular weight is 400 g/mol. The van der Waals surface area contributed by atoms with Gasteiger partial charge in [-0.15, -0.1) is 0 Å². The average Bonchev–Trinajstić information content (AvgIpc) is 2.69. The van der Waals surface area contributed by atoms with E-state index in [1.807, 2.05) is 56.0 Å². The third-order valence-corrected chi connectivity index (χ3v) is 5.55. The molecule has 0 bridgehead atoms. The van der Waals surface area contributed by atoms with Crippen LogP contribution in [0.4, 0.5) is 11.4 Å². The monoisotopic (exact) mass is 399 g/mol. The van der Waals surface area contributed by atoms with Gasteiger partial charge < -0.3 is 15.1 Å². The lowest BCUT2D eigenvalue weighted by atomic mass is 10.1. The Morgan fingerprint density at radius 3 is 2.32 bits per heavy atom. The van der Waals surface area contributed by atoms with Crippen LogP contribution in [-0.4, -0.2) is 42.9 Å². The largest absolute Gasteiger partial charge is 0.367 e. The fourth-order valence-electron chi connectivity index (χ4n) is 3.35. The van der Waals surface area contributed by atoms with Crippen molar-refractivity contribution in [1.29, 1.82) is 0 Å². The molecule has 148 valence electrons. The van der Waals surface area contributed by atoms with E-state index in [4.69, 9.17) is 11.6 Å². The van der Waals surface area contributed by atoms with Crippen LogP contribution in [0.2, 0.25) is 5.02 Å². The number of nitrogens with zero attached hydrogens (tertiary/aromatic N) is 2. The first-order valence-electron chi connectivity index (χ1n) is 9.60. The van der Waals surface area contributed by atoms with E-state index in [9.17, 15) is 9.59 Å². The van der Waals surface area contributed by atoms with Crippen LogP contribution < -0.4 is 10.2 Å². The molecule has 2 aromatic carbocycles. The van der Waals surface area contributed by atoms with Crippen LogP contribution in [-0.2, 0) is 4.79 Å². The maximum absolute atomic E-state index is 12.5. The molecule has 0 aromatic heterocycles. The number of carbonyl (C=O) groups excluding carboxylic acids is 2. The zero-order valence-corrected chi connectivity index (χ0v) is 17.3. The number of nitrogens with one attached hydrogen (secondary N) is 1. The summed E-state index contributed by atoms with van der Waals surface area (Å²) >= 11 is 6.49. The van der Waals surface area contributed by atoms with Gasteiger partial charge in [-0.05, 0) is 55.3 Å². The van der Waals surface area contributed by atoms with Gasteiger partial charge in [0.2, 0.25) is 5.91 Å². The molecule has 1 saturated heterocycles.